The van der Waals surface area contributed by atoms with Gasteiger partial charge in [0.25, 0.3) is 17.5 Å². The number of nitro groups is 1. The monoisotopic (exact) mass is 548 g/mol. The van der Waals surface area contributed by atoms with Gasteiger partial charge in [-0.05, 0) is 52.2 Å². The van der Waals surface area contributed by atoms with E-state index in [0.717, 1.165) is 23.9 Å². The maximum absolute atomic E-state index is 12.9. The van der Waals surface area contributed by atoms with Gasteiger partial charge in [0.05, 0.1) is 15.6 Å². The number of amides is 2. The van der Waals surface area contributed by atoms with Gasteiger partial charge in [0.2, 0.25) is 0 Å². The van der Waals surface area contributed by atoms with Gasteiger partial charge in [-0.25, -0.2) is 5.43 Å². The standard InChI is InChI=1S/C26H21BrN4O5/c1-17(12-18-8-4-2-5-9-18)13-23(29-25(33)19-10-6-3-7-11-19)26(34)30-28-16-20-14-21(31(35)36)15-22(27)24(20)32/h2-16,32H,1H3,(H,29,33)(H,30,34)/b17-12+,23-13-,28-16-. The van der Waals surface area contributed by atoms with Crippen LogP contribution in [0.4, 0.5) is 5.69 Å². The Kier molecular flexibility index (Phi) is 8.84. The minimum atomic E-state index is -0.736. The van der Waals surface area contributed by atoms with Crippen LogP contribution in [-0.4, -0.2) is 28.1 Å². The van der Waals surface area contributed by atoms with Gasteiger partial charge in [-0.1, -0.05) is 54.6 Å². The number of allylic oxidation sites excluding steroid dienone is 2. The minimum absolute atomic E-state index is 0.00961. The van der Waals surface area contributed by atoms with E-state index in [9.17, 15) is 24.8 Å². The highest BCUT2D eigenvalue weighted by Crippen LogP contribution is 2.31. The molecule has 0 saturated heterocycles. The van der Waals surface area contributed by atoms with Crippen LogP contribution in [0.25, 0.3) is 6.08 Å². The minimum Gasteiger partial charge on any atom is -0.506 e. The van der Waals surface area contributed by atoms with Crippen molar-refractivity contribution in [2.45, 2.75) is 6.92 Å². The Morgan fingerprint density at radius 1 is 1.06 bits per heavy atom. The van der Waals surface area contributed by atoms with Crippen molar-refractivity contribution < 1.29 is 19.6 Å². The first-order valence-corrected chi connectivity index (χ1v) is 11.4. The van der Waals surface area contributed by atoms with Crippen LogP contribution < -0.4 is 10.7 Å². The highest BCUT2D eigenvalue weighted by atomic mass is 79.9. The Morgan fingerprint density at radius 3 is 2.33 bits per heavy atom. The third kappa shape index (κ3) is 7.21. The maximum atomic E-state index is 12.9. The van der Waals surface area contributed by atoms with Crippen LogP contribution in [0.1, 0.15) is 28.4 Å². The quantitative estimate of drug-likeness (QED) is 0.120. The van der Waals surface area contributed by atoms with E-state index >= 15 is 0 Å². The summed E-state index contributed by atoms with van der Waals surface area (Å²) in [5.41, 5.74) is 3.89. The zero-order chi connectivity index (χ0) is 26.1. The number of halogens is 1. The van der Waals surface area contributed by atoms with E-state index in [4.69, 9.17) is 0 Å². The fourth-order valence-corrected chi connectivity index (χ4v) is 3.52. The van der Waals surface area contributed by atoms with E-state index in [1.54, 1.807) is 37.3 Å². The van der Waals surface area contributed by atoms with E-state index < -0.39 is 16.7 Å². The number of aromatic hydroxyl groups is 1. The van der Waals surface area contributed by atoms with Crippen molar-refractivity contribution in [3.63, 3.8) is 0 Å². The van der Waals surface area contributed by atoms with Crippen molar-refractivity contribution in [2.75, 3.05) is 0 Å². The van der Waals surface area contributed by atoms with E-state index in [2.05, 4.69) is 31.8 Å². The molecule has 0 aliphatic carbocycles. The number of non-ortho nitro benzene ring substituents is 1. The van der Waals surface area contributed by atoms with E-state index in [0.29, 0.717) is 11.1 Å². The predicted molar refractivity (Wildman–Crippen MR) is 140 cm³/mol. The molecule has 0 atom stereocenters. The predicted octanol–water partition coefficient (Wildman–Crippen LogP) is 4.93. The van der Waals surface area contributed by atoms with Gasteiger partial charge in [-0.2, -0.15) is 5.10 Å². The highest BCUT2D eigenvalue weighted by Gasteiger charge is 2.16. The number of carbonyl (C=O) groups is 2. The number of nitrogens with one attached hydrogen (secondary N) is 2. The Hall–Kier alpha value is -4.57. The summed E-state index contributed by atoms with van der Waals surface area (Å²) in [5.74, 6) is -1.51. The lowest BCUT2D eigenvalue weighted by atomic mass is 10.1. The van der Waals surface area contributed by atoms with Crippen LogP contribution >= 0.6 is 15.9 Å². The number of nitro benzene ring substituents is 1. The Labute approximate surface area is 215 Å². The number of hydrogen-bond acceptors (Lipinski definition) is 6. The van der Waals surface area contributed by atoms with Crippen LogP contribution in [0.5, 0.6) is 5.75 Å². The first-order chi connectivity index (χ1) is 17.2. The molecule has 0 radical (unpaired) electrons. The molecule has 182 valence electrons. The smallest absolute Gasteiger partial charge is 0.287 e. The summed E-state index contributed by atoms with van der Waals surface area (Å²) in [7, 11) is 0. The lowest BCUT2D eigenvalue weighted by Crippen LogP contribution is -2.33. The molecular formula is C26H21BrN4O5. The summed E-state index contributed by atoms with van der Waals surface area (Å²) in [6.07, 6.45) is 4.40. The summed E-state index contributed by atoms with van der Waals surface area (Å²) in [5, 5.41) is 27.6. The summed E-state index contributed by atoms with van der Waals surface area (Å²) in [6, 6.07) is 20.1. The van der Waals surface area contributed by atoms with Gasteiger partial charge in [-0.15, -0.1) is 0 Å². The highest BCUT2D eigenvalue weighted by molar-refractivity contribution is 9.10. The summed E-state index contributed by atoms with van der Waals surface area (Å²) >= 11 is 3.05. The zero-order valence-corrected chi connectivity index (χ0v) is 20.6. The first-order valence-electron chi connectivity index (χ1n) is 10.6. The molecule has 10 heteroatoms. The molecule has 0 bridgehead atoms. The SMILES string of the molecule is CC(/C=C(\NC(=O)c1ccccc1)C(=O)N/N=C\c1cc([N+](=O)[O-])cc(Br)c1O)=C\c1ccccc1. The third-order valence-corrected chi connectivity index (χ3v) is 5.36. The summed E-state index contributed by atoms with van der Waals surface area (Å²) in [4.78, 5) is 36.0. The molecule has 36 heavy (non-hydrogen) atoms. The molecule has 3 N–H and O–H groups in total. The van der Waals surface area contributed by atoms with Crippen LogP contribution in [0.15, 0.2) is 99.7 Å². The third-order valence-electron chi connectivity index (χ3n) is 4.75. The molecule has 3 aromatic rings. The molecule has 0 fully saturated rings. The van der Waals surface area contributed by atoms with Gasteiger partial charge in [-0.3, -0.25) is 19.7 Å². The molecule has 9 nitrogen and oxygen atoms in total. The number of phenolic OH excluding ortho intramolecular Hbond substituents is 1. The van der Waals surface area contributed by atoms with Crippen LogP contribution in [0, 0.1) is 10.1 Å². The first kappa shape index (κ1) is 26.0. The van der Waals surface area contributed by atoms with Gasteiger partial charge in [0.1, 0.15) is 11.4 Å². The lowest BCUT2D eigenvalue weighted by molar-refractivity contribution is -0.385. The average molecular weight is 549 g/mol. The largest absolute Gasteiger partial charge is 0.506 e. The van der Waals surface area contributed by atoms with Crippen LogP contribution in [0.3, 0.4) is 0 Å². The molecule has 3 aromatic carbocycles. The molecule has 0 unspecified atom stereocenters. The molecule has 0 heterocycles. The molecule has 0 spiro atoms. The van der Waals surface area contributed by atoms with Gasteiger partial charge in [0.15, 0.2) is 0 Å². The average Bonchev–Trinajstić information content (AvgIpc) is 2.86. The van der Waals surface area contributed by atoms with Crippen LogP contribution in [-0.2, 0) is 4.79 Å². The fraction of sp³-hybridized carbons (Fsp3) is 0.0385. The topological polar surface area (TPSA) is 134 Å². The number of carbonyl (C=O) groups excluding carboxylic acids is 2. The Balaban J connectivity index is 1.86. The van der Waals surface area contributed by atoms with Crippen molar-refractivity contribution in [3.05, 3.63) is 121 Å². The van der Waals surface area contributed by atoms with Crippen molar-refractivity contribution in [1.82, 2.24) is 10.7 Å². The van der Waals surface area contributed by atoms with E-state index in [1.807, 2.05) is 36.4 Å². The molecular weight excluding hydrogens is 528 g/mol. The molecule has 0 aromatic heterocycles. The second-order valence-electron chi connectivity index (χ2n) is 7.50. The van der Waals surface area contributed by atoms with Crippen LogP contribution in [0.2, 0.25) is 0 Å². The zero-order valence-electron chi connectivity index (χ0n) is 19.0. The number of benzene rings is 3. The van der Waals surface area contributed by atoms with E-state index in [1.165, 1.54) is 6.08 Å². The second-order valence-corrected chi connectivity index (χ2v) is 8.35. The summed E-state index contributed by atoms with van der Waals surface area (Å²) in [6.45, 7) is 1.77. The maximum Gasteiger partial charge on any atom is 0.287 e. The second kappa shape index (κ2) is 12.2. The van der Waals surface area contributed by atoms with Gasteiger partial charge in [0, 0.05) is 23.3 Å². The number of hydrogen-bond donors (Lipinski definition) is 3. The molecule has 2 amide bonds. The molecule has 3 rings (SSSR count). The number of rotatable bonds is 8. The number of nitrogens with zero attached hydrogens (tertiary/aromatic N) is 2. The van der Waals surface area contributed by atoms with Crippen molar-refractivity contribution in [3.8, 4) is 5.75 Å². The normalized spacial score (nSPS) is 11.8. The molecule has 0 saturated carbocycles. The van der Waals surface area contributed by atoms with Gasteiger partial charge >= 0.3 is 0 Å². The Bertz CT molecular complexity index is 1370. The lowest BCUT2D eigenvalue weighted by Gasteiger charge is -2.09. The Morgan fingerprint density at radius 2 is 1.69 bits per heavy atom. The molecule has 0 aliphatic rings. The summed E-state index contributed by atoms with van der Waals surface area (Å²) < 4.78 is 0.0989. The van der Waals surface area contributed by atoms with Crippen molar-refractivity contribution >= 4 is 45.7 Å². The number of phenols is 1. The van der Waals surface area contributed by atoms with Gasteiger partial charge < -0.3 is 10.4 Å². The molecule has 0 aliphatic heterocycles. The van der Waals surface area contributed by atoms with Crippen molar-refractivity contribution in [1.29, 1.82) is 0 Å². The van der Waals surface area contributed by atoms with Crippen molar-refractivity contribution in [2.24, 2.45) is 5.10 Å². The fourth-order valence-electron chi connectivity index (χ4n) is 3.05. The van der Waals surface area contributed by atoms with E-state index in [-0.39, 0.29) is 27.2 Å². The number of hydrazone groups is 1.